The molecule has 0 aromatic heterocycles. The zero-order valence-electron chi connectivity index (χ0n) is 19.2. The molecular formula is C27H34O5. The standard InChI is InChI=1S/C27H34O5/c1-3-5-7-8-10-26(28)31-24-14-11-22(12-15-24)13-20-27(29)32-25-18-16-23(17-19-25)30-21-9-6-4-2/h11-20H,3-10,21H2,1-2H3. The third-order valence-corrected chi connectivity index (χ3v) is 4.82. The Morgan fingerprint density at radius 2 is 1.31 bits per heavy atom. The first-order chi connectivity index (χ1) is 15.6. The van der Waals surface area contributed by atoms with E-state index in [4.69, 9.17) is 14.2 Å². The van der Waals surface area contributed by atoms with Crippen LogP contribution in [-0.4, -0.2) is 18.5 Å². The van der Waals surface area contributed by atoms with Gasteiger partial charge in [-0.25, -0.2) is 4.79 Å². The average molecular weight is 439 g/mol. The number of rotatable bonds is 14. The minimum atomic E-state index is -0.468. The number of ether oxygens (including phenoxy) is 3. The van der Waals surface area contributed by atoms with Crippen LogP contribution in [0.25, 0.3) is 6.08 Å². The van der Waals surface area contributed by atoms with E-state index in [9.17, 15) is 9.59 Å². The first kappa shape index (κ1) is 25.2. The van der Waals surface area contributed by atoms with Gasteiger partial charge in [0.2, 0.25) is 0 Å². The molecule has 0 aliphatic heterocycles. The van der Waals surface area contributed by atoms with E-state index in [2.05, 4.69) is 13.8 Å². The Labute approximate surface area is 191 Å². The van der Waals surface area contributed by atoms with Gasteiger partial charge >= 0.3 is 11.9 Å². The minimum absolute atomic E-state index is 0.217. The molecule has 0 fully saturated rings. The van der Waals surface area contributed by atoms with Crippen LogP contribution in [0.15, 0.2) is 54.6 Å². The Balaban J connectivity index is 1.75. The van der Waals surface area contributed by atoms with E-state index in [1.165, 1.54) is 6.08 Å². The molecule has 0 saturated carbocycles. The molecule has 32 heavy (non-hydrogen) atoms. The van der Waals surface area contributed by atoms with Gasteiger partial charge in [0.1, 0.15) is 17.2 Å². The van der Waals surface area contributed by atoms with E-state index in [1.54, 1.807) is 54.6 Å². The van der Waals surface area contributed by atoms with Gasteiger partial charge in [-0.1, -0.05) is 58.1 Å². The van der Waals surface area contributed by atoms with Crippen molar-refractivity contribution in [2.45, 2.75) is 65.2 Å². The van der Waals surface area contributed by atoms with Gasteiger partial charge in [-0.05, 0) is 60.9 Å². The van der Waals surface area contributed by atoms with Crippen LogP contribution >= 0.6 is 0 Å². The van der Waals surface area contributed by atoms with Crippen LogP contribution in [0.2, 0.25) is 0 Å². The summed E-state index contributed by atoms with van der Waals surface area (Å²) in [5, 5.41) is 0. The van der Waals surface area contributed by atoms with Crippen molar-refractivity contribution in [3.05, 3.63) is 60.2 Å². The lowest BCUT2D eigenvalue weighted by molar-refractivity contribution is -0.134. The molecular weight excluding hydrogens is 404 g/mol. The monoisotopic (exact) mass is 438 g/mol. The van der Waals surface area contributed by atoms with Crippen LogP contribution in [-0.2, 0) is 9.59 Å². The highest BCUT2D eigenvalue weighted by molar-refractivity contribution is 5.88. The first-order valence-electron chi connectivity index (χ1n) is 11.5. The molecule has 0 bridgehead atoms. The van der Waals surface area contributed by atoms with Crippen LogP contribution in [0, 0.1) is 0 Å². The number of benzene rings is 2. The van der Waals surface area contributed by atoms with Crippen molar-refractivity contribution in [2.24, 2.45) is 0 Å². The Morgan fingerprint density at radius 3 is 2.00 bits per heavy atom. The largest absolute Gasteiger partial charge is 0.494 e. The lowest BCUT2D eigenvalue weighted by atomic mass is 10.1. The van der Waals surface area contributed by atoms with E-state index in [0.29, 0.717) is 24.5 Å². The van der Waals surface area contributed by atoms with Crippen molar-refractivity contribution in [3.8, 4) is 17.2 Å². The highest BCUT2D eigenvalue weighted by atomic mass is 16.5. The van der Waals surface area contributed by atoms with E-state index in [0.717, 1.165) is 56.3 Å². The third kappa shape index (κ3) is 10.3. The van der Waals surface area contributed by atoms with Crippen molar-refractivity contribution in [3.63, 3.8) is 0 Å². The molecule has 0 heterocycles. The Bertz CT molecular complexity index is 837. The summed E-state index contributed by atoms with van der Waals surface area (Å²) in [6, 6.07) is 14.0. The summed E-state index contributed by atoms with van der Waals surface area (Å²) >= 11 is 0. The second-order valence-corrected chi connectivity index (χ2v) is 7.64. The van der Waals surface area contributed by atoms with Gasteiger partial charge in [-0.15, -0.1) is 0 Å². The van der Waals surface area contributed by atoms with Gasteiger partial charge in [-0.2, -0.15) is 0 Å². The highest BCUT2D eigenvalue weighted by Crippen LogP contribution is 2.19. The first-order valence-corrected chi connectivity index (χ1v) is 11.5. The molecule has 0 aliphatic carbocycles. The zero-order chi connectivity index (χ0) is 23.0. The molecule has 0 atom stereocenters. The zero-order valence-corrected chi connectivity index (χ0v) is 19.2. The topological polar surface area (TPSA) is 61.8 Å². The van der Waals surface area contributed by atoms with Crippen molar-refractivity contribution < 1.29 is 23.8 Å². The molecule has 0 radical (unpaired) electrons. The maximum absolute atomic E-state index is 12.1. The quantitative estimate of drug-likeness (QED) is 0.141. The molecule has 2 aromatic rings. The third-order valence-electron chi connectivity index (χ3n) is 4.82. The number of hydrogen-bond acceptors (Lipinski definition) is 5. The number of carbonyl (C=O) groups excluding carboxylic acids is 2. The fraction of sp³-hybridized carbons (Fsp3) is 0.407. The molecule has 5 nitrogen and oxygen atoms in total. The van der Waals surface area contributed by atoms with E-state index < -0.39 is 5.97 Å². The highest BCUT2D eigenvalue weighted by Gasteiger charge is 2.05. The molecule has 0 aliphatic rings. The molecule has 0 saturated heterocycles. The Hall–Kier alpha value is -3.08. The maximum atomic E-state index is 12.1. The summed E-state index contributed by atoms with van der Waals surface area (Å²) in [7, 11) is 0. The normalized spacial score (nSPS) is 10.8. The van der Waals surface area contributed by atoms with Crippen LogP contribution in [0.1, 0.15) is 70.8 Å². The summed E-state index contributed by atoms with van der Waals surface area (Å²) in [6.07, 6.45) is 11.0. The molecule has 2 rings (SSSR count). The van der Waals surface area contributed by atoms with Crippen LogP contribution in [0.5, 0.6) is 17.2 Å². The van der Waals surface area contributed by atoms with Gasteiger partial charge in [0, 0.05) is 12.5 Å². The second kappa shape index (κ2) is 14.8. The van der Waals surface area contributed by atoms with E-state index in [1.807, 2.05) is 0 Å². The Morgan fingerprint density at radius 1 is 0.719 bits per heavy atom. The molecule has 5 heteroatoms. The van der Waals surface area contributed by atoms with Crippen molar-refractivity contribution in [1.82, 2.24) is 0 Å². The summed E-state index contributed by atoms with van der Waals surface area (Å²) in [6.45, 7) is 4.98. The maximum Gasteiger partial charge on any atom is 0.336 e. The van der Waals surface area contributed by atoms with Gasteiger partial charge < -0.3 is 14.2 Å². The van der Waals surface area contributed by atoms with Gasteiger partial charge in [0.25, 0.3) is 0 Å². The fourth-order valence-corrected chi connectivity index (χ4v) is 2.99. The SMILES string of the molecule is CCCCCCC(=O)Oc1ccc(C=CC(=O)Oc2ccc(OCCCCC)cc2)cc1. The molecule has 2 aromatic carbocycles. The lowest BCUT2D eigenvalue weighted by Gasteiger charge is -2.07. The smallest absolute Gasteiger partial charge is 0.336 e. The molecule has 172 valence electrons. The number of carbonyl (C=O) groups is 2. The second-order valence-electron chi connectivity index (χ2n) is 7.64. The molecule has 0 spiro atoms. The van der Waals surface area contributed by atoms with E-state index >= 15 is 0 Å². The van der Waals surface area contributed by atoms with Crippen LogP contribution in [0.4, 0.5) is 0 Å². The summed E-state index contributed by atoms with van der Waals surface area (Å²) < 4.78 is 16.3. The van der Waals surface area contributed by atoms with Crippen LogP contribution in [0.3, 0.4) is 0 Å². The van der Waals surface area contributed by atoms with Crippen molar-refractivity contribution in [2.75, 3.05) is 6.61 Å². The van der Waals surface area contributed by atoms with E-state index in [-0.39, 0.29) is 5.97 Å². The molecule has 0 amide bonds. The molecule has 0 unspecified atom stereocenters. The minimum Gasteiger partial charge on any atom is -0.494 e. The summed E-state index contributed by atoms with van der Waals surface area (Å²) in [4.78, 5) is 23.9. The predicted octanol–water partition coefficient (Wildman–Crippen LogP) is 6.75. The average Bonchev–Trinajstić information content (AvgIpc) is 2.80. The van der Waals surface area contributed by atoms with Crippen molar-refractivity contribution in [1.29, 1.82) is 0 Å². The van der Waals surface area contributed by atoms with Gasteiger partial charge in [-0.3, -0.25) is 4.79 Å². The van der Waals surface area contributed by atoms with Gasteiger partial charge in [0.05, 0.1) is 6.61 Å². The summed E-state index contributed by atoms with van der Waals surface area (Å²) in [5.41, 5.74) is 0.806. The van der Waals surface area contributed by atoms with Crippen LogP contribution < -0.4 is 14.2 Å². The fourth-order valence-electron chi connectivity index (χ4n) is 2.99. The predicted molar refractivity (Wildman–Crippen MR) is 127 cm³/mol. The Kier molecular flexibility index (Phi) is 11.7. The molecule has 0 N–H and O–H groups in total. The number of hydrogen-bond donors (Lipinski definition) is 0. The lowest BCUT2D eigenvalue weighted by Crippen LogP contribution is -2.07. The van der Waals surface area contributed by atoms with Gasteiger partial charge in [0.15, 0.2) is 0 Å². The summed E-state index contributed by atoms with van der Waals surface area (Å²) in [5.74, 6) is 1.04. The number of esters is 2. The van der Waals surface area contributed by atoms with Crippen molar-refractivity contribution >= 4 is 18.0 Å². The number of unbranched alkanes of at least 4 members (excludes halogenated alkanes) is 5.